The molecule has 142 valence electrons. The lowest BCUT2D eigenvalue weighted by Crippen LogP contribution is -2.42. The zero-order chi connectivity index (χ0) is 18.3. The van der Waals surface area contributed by atoms with Crippen LogP contribution >= 0.6 is 0 Å². The zero-order valence-electron chi connectivity index (χ0n) is 15.1. The van der Waals surface area contributed by atoms with Gasteiger partial charge in [0.05, 0.1) is 11.9 Å². The van der Waals surface area contributed by atoms with Crippen LogP contribution in [0.3, 0.4) is 0 Å². The van der Waals surface area contributed by atoms with Crippen LogP contribution in [0.15, 0.2) is 24.3 Å². The summed E-state index contributed by atoms with van der Waals surface area (Å²) in [6.07, 6.45) is 2.13. The molecule has 0 aromatic heterocycles. The number of piperidine rings is 1. The number of rotatable bonds is 9. The van der Waals surface area contributed by atoms with Gasteiger partial charge >= 0.3 is 0 Å². The van der Waals surface area contributed by atoms with Crippen molar-refractivity contribution in [1.82, 2.24) is 9.62 Å². The molecule has 1 saturated heterocycles. The highest BCUT2D eigenvalue weighted by atomic mass is 32.2. The molecular formula is C18H30N2O4S. The minimum atomic E-state index is -3.19. The number of aliphatic hydroxyl groups excluding tert-OH is 1. The number of nitrogens with one attached hydrogen (secondary N) is 1. The maximum atomic E-state index is 11.9. The lowest BCUT2D eigenvalue weighted by atomic mass is 9.98. The molecule has 1 aliphatic rings. The van der Waals surface area contributed by atoms with E-state index in [1.54, 1.807) is 13.8 Å². The summed E-state index contributed by atoms with van der Waals surface area (Å²) in [6.45, 7) is 6.94. The van der Waals surface area contributed by atoms with Crippen LogP contribution in [0.25, 0.3) is 0 Å². The Kier molecular flexibility index (Phi) is 7.68. The number of likely N-dealkylation sites (tertiary alicyclic amines) is 1. The molecule has 1 heterocycles. The number of sulfonamides is 1. The molecule has 6 nitrogen and oxygen atoms in total. The van der Waals surface area contributed by atoms with E-state index in [0.29, 0.717) is 19.1 Å². The molecule has 1 fully saturated rings. The minimum absolute atomic E-state index is 0.00428. The van der Waals surface area contributed by atoms with Gasteiger partial charge in [-0.15, -0.1) is 0 Å². The SMILES string of the molecule is CC(C)S(=O)(=O)NC[C@@H]1CCCN(Cc2cccc(OCCO)c2)C1. The number of ether oxygens (including phenoxy) is 1. The molecule has 1 atom stereocenters. The van der Waals surface area contributed by atoms with Gasteiger partial charge in [0.25, 0.3) is 0 Å². The molecule has 0 radical (unpaired) electrons. The van der Waals surface area contributed by atoms with Crippen LogP contribution < -0.4 is 9.46 Å². The van der Waals surface area contributed by atoms with Gasteiger partial charge in [0.2, 0.25) is 10.0 Å². The standard InChI is InChI=1S/C18H30N2O4S/c1-15(2)25(22,23)19-12-17-6-4-8-20(14-17)13-16-5-3-7-18(11-16)24-10-9-21/h3,5,7,11,15,17,19,21H,4,6,8-10,12-14H2,1-2H3/t17-/m0/s1. The lowest BCUT2D eigenvalue weighted by molar-refractivity contribution is 0.168. The van der Waals surface area contributed by atoms with E-state index in [0.717, 1.165) is 38.2 Å². The molecule has 1 aromatic rings. The molecule has 0 saturated carbocycles. The number of aliphatic hydroxyl groups is 1. The molecule has 0 bridgehead atoms. The first-order chi connectivity index (χ1) is 11.9. The van der Waals surface area contributed by atoms with Crippen molar-refractivity contribution in [2.24, 2.45) is 5.92 Å². The molecule has 2 N–H and O–H groups in total. The third-order valence-electron chi connectivity index (χ3n) is 4.46. The molecule has 0 unspecified atom stereocenters. The van der Waals surface area contributed by atoms with Crippen LogP contribution in [0.5, 0.6) is 5.75 Å². The summed E-state index contributed by atoms with van der Waals surface area (Å²) in [4.78, 5) is 2.36. The molecule has 25 heavy (non-hydrogen) atoms. The maximum Gasteiger partial charge on any atom is 0.213 e. The molecule has 0 spiro atoms. The van der Waals surface area contributed by atoms with Crippen molar-refractivity contribution in [3.63, 3.8) is 0 Å². The number of benzene rings is 1. The van der Waals surface area contributed by atoms with E-state index >= 15 is 0 Å². The molecule has 7 heteroatoms. The van der Waals surface area contributed by atoms with Gasteiger partial charge < -0.3 is 9.84 Å². The van der Waals surface area contributed by atoms with Gasteiger partial charge in [-0.1, -0.05) is 12.1 Å². The van der Waals surface area contributed by atoms with Crippen molar-refractivity contribution in [3.8, 4) is 5.75 Å². The number of hydrogen-bond acceptors (Lipinski definition) is 5. The molecule has 0 aliphatic carbocycles. The van der Waals surface area contributed by atoms with Crippen LogP contribution in [-0.4, -0.2) is 56.5 Å². The molecule has 0 amide bonds. The summed E-state index contributed by atoms with van der Waals surface area (Å²) >= 11 is 0. The minimum Gasteiger partial charge on any atom is -0.491 e. The van der Waals surface area contributed by atoms with Crippen molar-refractivity contribution < 1.29 is 18.3 Å². The first-order valence-electron chi connectivity index (χ1n) is 8.94. The van der Waals surface area contributed by atoms with Gasteiger partial charge in [-0.25, -0.2) is 13.1 Å². The van der Waals surface area contributed by atoms with Gasteiger partial charge in [0.15, 0.2) is 0 Å². The Hall–Kier alpha value is -1.15. The Bertz CT molecular complexity index is 634. The van der Waals surface area contributed by atoms with Crippen LogP contribution in [0, 0.1) is 5.92 Å². The van der Waals surface area contributed by atoms with E-state index in [1.807, 2.05) is 18.2 Å². The number of nitrogens with zero attached hydrogens (tertiary/aromatic N) is 1. The first kappa shape index (κ1) is 20.2. The predicted molar refractivity (Wildman–Crippen MR) is 99.1 cm³/mol. The Labute approximate surface area is 151 Å². The summed E-state index contributed by atoms with van der Waals surface area (Å²) in [5.41, 5.74) is 1.17. The maximum absolute atomic E-state index is 11.9. The van der Waals surface area contributed by atoms with Gasteiger partial charge in [-0.3, -0.25) is 4.90 Å². The topological polar surface area (TPSA) is 78.9 Å². The summed E-state index contributed by atoms with van der Waals surface area (Å²) in [7, 11) is -3.19. The third kappa shape index (κ3) is 6.58. The van der Waals surface area contributed by atoms with E-state index < -0.39 is 15.3 Å². The predicted octanol–water partition coefficient (Wildman–Crippen LogP) is 1.60. The van der Waals surface area contributed by atoms with Crippen molar-refractivity contribution in [2.45, 2.75) is 38.5 Å². The van der Waals surface area contributed by atoms with E-state index in [-0.39, 0.29) is 6.61 Å². The molecule has 2 rings (SSSR count). The van der Waals surface area contributed by atoms with Crippen LogP contribution in [-0.2, 0) is 16.6 Å². The van der Waals surface area contributed by atoms with E-state index in [9.17, 15) is 8.42 Å². The monoisotopic (exact) mass is 370 g/mol. The first-order valence-corrected chi connectivity index (χ1v) is 10.5. The second-order valence-electron chi connectivity index (χ2n) is 6.91. The Morgan fingerprint density at radius 2 is 2.20 bits per heavy atom. The quantitative estimate of drug-likeness (QED) is 0.690. The fraction of sp³-hybridized carbons (Fsp3) is 0.667. The summed E-state index contributed by atoms with van der Waals surface area (Å²) in [5, 5.41) is 8.45. The van der Waals surface area contributed by atoms with E-state index in [4.69, 9.17) is 9.84 Å². The Balaban J connectivity index is 1.87. The van der Waals surface area contributed by atoms with E-state index in [1.165, 1.54) is 5.56 Å². The normalized spacial score (nSPS) is 19.3. The fourth-order valence-electron chi connectivity index (χ4n) is 3.02. The smallest absolute Gasteiger partial charge is 0.213 e. The van der Waals surface area contributed by atoms with Crippen molar-refractivity contribution >= 4 is 10.0 Å². The second-order valence-corrected chi connectivity index (χ2v) is 9.23. The van der Waals surface area contributed by atoms with E-state index in [2.05, 4.69) is 15.7 Å². The Morgan fingerprint density at radius 3 is 2.92 bits per heavy atom. The Morgan fingerprint density at radius 1 is 1.40 bits per heavy atom. The van der Waals surface area contributed by atoms with Crippen LogP contribution in [0.1, 0.15) is 32.3 Å². The zero-order valence-corrected chi connectivity index (χ0v) is 16.0. The number of hydrogen-bond donors (Lipinski definition) is 2. The average Bonchev–Trinajstić information content (AvgIpc) is 2.59. The van der Waals surface area contributed by atoms with Gasteiger partial charge in [-0.2, -0.15) is 0 Å². The third-order valence-corrected chi connectivity index (χ3v) is 6.27. The summed E-state index contributed by atoms with van der Waals surface area (Å²) < 4.78 is 32.0. The summed E-state index contributed by atoms with van der Waals surface area (Å²) in [6, 6.07) is 7.91. The highest BCUT2D eigenvalue weighted by Crippen LogP contribution is 2.20. The van der Waals surface area contributed by atoms with Gasteiger partial charge in [-0.05, 0) is 56.8 Å². The largest absolute Gasteiger partial charge is 0.491 e. The van der Waals surface area contributed by atoms with Crippen LogP contribution in [0.2, 0.25) is 0 Å². The highest BCUT2D eigenvalue weighted by molar-refractivity contribution is 7.90. The van der Waals surface area contributed by atoms with Crippen LogP contribution in [0.4, 0.5) is 0 Å². The lowest BCUT2D eigenvalue weighted by Gasteiger charge is -2.33. The van der Waals surface area contributed by atoms with Gasteiger partial charge in [0.1, 0.15) is 12.4 Å². The average molecular weight is 371 g/mol. The fourth-order valence-corrected chi connectivity index (χ4v) is 3.82. The molecule has 1 aliphatic heterocycles. The van der Waals surface area contributed by atoms with Crippen molar-refractivity contribution in [3.05, 3.63) is 29.8 Å². The van der Waals surface area contributed by atoms with Crippen molar-refractivity contribution in [2.75, 3.05) is 32.8 Å². The second kappa shape index (κ2) is 9.52. The summed E-state index contributed by atoms with van der Waals surface area (Å²) in [5.74, 6) is 1.11. The van der Waals surface area contributed by atoms with Gasteiger partial charge in [0, 0.05) is 19.6 Å². The molecular weight excluding hydrogens is 340 g/mol. The highest BCUT2D eigenvalue weighted by Gasteiger charge is 2.23. The molecule has 1 aromatic carbocycles. The van der Waals surface area contributed by atoms with Crippen molar-refractivity contribution in [1.29, 1.82) is 0 Å².